The molecule has 1 heterocycles. The van der Waals surface area contributed by atoms with E-state index < -0.39 is 0 Å². The van der Waals surface area contributed by atoms with Gasteiger partial charge < -0.3 is 0 Å². The number of benzene rings is 3. The van der Waals surface area contributed by atoms with Gasteiger partial charge in [0.2, 0.25) is 0 Å². The van der Waals surface area contributed by atoms with Crippen LogP contribution in [0, 0.1) is 13.8 Å². The van der Waals surface area contributed by atoms with Gasteiger partial charge in [-0.3, -0.25) is 0 Å². The van der Waals surface area contributed by atoms with Crippen molar-refractivity contribution in [2.45, 2.75) is 33.6 Å². The highest BCUT2D eigenvalue weighted by molar-refractivity contribution is 5.80. The number of imidazole rings is 1. The second kappa shape index (κ2) is 6.70. The van der Waals surface area contributed by atoms with E-state index in [0.717, 1.165) is 0 Å². The summed E-state index contributed by atoms with van der Waals surface area (Å²) in [4.78, 5) is 0. The van der Waals surface area contributed by atoms with Gasteiger partial charge in [0.15, 0.2) is 11.0 Å². The first-order valence-electron chi connectivity index (χ1n) is 9.65. The average molecular weight is 356 g/mol. The van der Waals surface area contributed by atoms with Crippen molar-refractivity contribution in [3.05, 3.63) is 83.4 Å². The second-order valence-corrected chi connectivity index (χ2v) is 7.77. The van der Waals surface area contributed by atoms with Crippen molar-refractivity contribution in [3.8, 4) is 17.1 Å². The predicted octanol–water partition coefficient (Wildman–Crippen LogP) is 5.86. The molecule has 2 nitrogen and oxygen atoms in total. The number of fused-ring (bicyclic) bond motifs is 1. The summed E-state index contributed by atoms with van der Waals surface area (Å²) < 4.78 is 4.73. The van der Waals surface area contributed by atoms with E-state index >= 15 is 0 Å². The molecule has 0 bridgehead atoms. The van der Waals surface area contributed by atoms with Crippen molar-refractivity contribution < 1.29 is 4.57 Å². The zero-order valence-electron chi connectivity index (χ0n) is 16.8. The average Bonchev–Trinajstić information content (AvgIpc) is 2.96. The van der Waals surface area contributed by atoms with Crippen LogP contribution >= 0.6 is 0 Å². The van der Waals surface area contributed by atoms with Gasteiger partial charge in [-0.15, -0.1) is 0 Å². The molecule has 4 rings (SSSR count). The van der Waals surface area contributed by atoms with E-state index in [-0.39, 0.29) is 0 Å². The summed E-state index contributed by atoms with van der Waals surface area (Å²) in [5, 5.41) is 0. The number of nitrogens with zero attached hydrogens (tertiary/aromatic N) is 2. The molecule has 0 saturated carbocycles. The minimum absolute atomic E-state index is 0.513. The Labute approximate surface area is 161 Å². The van der Waals surface area contributed by atoms with Crippen LogP contribution in [0.5, 0.6) is 0 Å². The Morgan fingerprint density at radius 3 is 2.30 bits per heavy atom. The van der Waals surface area contributed by atoms with Crippen LogP contribution in [0.3, 0.4) is 0 Å². The highest BCUT2D eigenvalue weighted by Crippen LogP contribution is 2.31. The molecule has 136 valence electrons. The quantitative estimate of drug-likeness (QED) is 0.407. The number of aryl methyl sites for hydroxylation is 3. The maximum Gasteiger partial charge on any atom is 0.295 e. The lowest BCUT2D eigenvalue weighted by atomic mass is 10.0. The normalized spacial score (nSPS) is 11.5. The van der Waals surface area contributed by atoms with Crippen molar-refractivity contribution in [2.24, 2.45) is 7.05 Å². The van der Waals surface area contributed by atoms with Crippen LogP contribution in [-0.4, -0.2) is 4.57 Å². The first-order valence-corrected chi connectivity index (χ1v) is 9.65. The van der Waals surface area contributed by atoms with Crippen LogP contribution in [0.25, 0.3) is 28.1 Å². The van der Waals surface area contributed by atoms with Crippen molar-refractivity contribution >= 4 is 11.0 Å². The summed E-state index contributed by atoms with van der Waals surface area (Å²) in [6, 6.07) is 24.2. The maximum atomic E-state index is 2.39. The minimum atomic E-state index is 0.513. The summed E-state index contributed by atoms with van der Waals surface area (Å²) in [7, 11) is 2.18. The van der Waals surface area contributed by atoms with Gasteiger partial charge in [-0.2, -0.15) is 4.57 Å². The third-order valence-corrected chi connectivity index (χ3v) is 5.45. The van der Waals surface area contributed by atoms with E-state index in [9.17, 15) is 0 Å². The zero-order chi connectivity index (χ0) is 19.1. The van der Waals surface area contributed by atoms with Gasteiger partial charge in [0.05, 0.1) is 12.6 Å². The molecule has 27 heavy (non-hydrogen) atoms. The summed E-state index contributed by atoms with van der Waals surface area (Å²) in [5.41, 5.74) is 8.92. The summed E-state index contributed by atoms with van der Waals surface area (Å²) in [6.07, 6.45) is 0. The van der Waals surface area contributed by atoms with Crippen molar-refractivity contribution in [2.75, 3.05) is 0 Å². The Hall–Kier alpha value is -2.87. The summed E-state index contributed by atoms with van der Waals surface area (Å²) >= 11 is 0. The lowest BCUT2D eigenvalue weighted by Gasteiger charge is -2.07. The molecule has 0 radical (unpaired) electrons. The largest absolute Gasteiger partial charge is 0.295 e. The Morgan fingerprint density at radius 2 is 1.59 bits per heavy atom. The lowest BCUT2D eigenvalue weighted by Crippen LogP contribution is -2.30. The molecule has 0 N–H and O–H groups in total. The molecule has 0 spiro atoms. The second-order valence-electron chi connectivity index (χ2n) is 7.77. The molecule has 0 amide bonds. The third kappa shape index (κ3) is 2.95. The van der Waals surface area contributed by atoms with Crippen LogP contribution in [0.4, 0.5) is 0 Å². The molecule has 0 unspecified atom stereocenters. The van der Waals surface area contributed by atoms with Crippen LogP contribution in [0.1, 0.15) is 36.5 Å². The first kappa shape index (κ1) is 17.5. The molecule has 1 aromatic heterocycles. The van der Waals surface area contributed by atoms with E-state index in [1.807, 2.05) is 0 Å². The molecule has 4 aromatic rings. The van der Waals surface area contributed by atoms with E-state index in [1.54, 1.807) is 0 Å². The first-order chi connectivity index (χ1) is 13.0. The van der Waals surface area contributed by atoms with Gasteiger partial charge in [0, 0.05) is 0 Å². The Balaban J connectivity index is 2.13. The molecule has 0 fully saturated rings. The van der Waals surface area contributed by atoms with Gasteiger partial charge in [0.1, 0.15) is 5.69 Å². The highest BCUT2D eigenvalue weighted by Gasteiger charge is 2.27. The number of para-hydroxylation sites is 1. The SMILES string of the molecule is Cc1ccc(C)c(-c2n(-c3ccccc3)c3ccc(C(C)C)cc3[n+]2C)c1. The molecule has 0 aliphatic rings. The maximum absolute atomic E-state index is 2.39. The van der Waals surface area contributed by atoms with Gasteiger partial charge in [-0.05, 0) is 61.2 Å². The van der Waals surface area contributed by atoms with E-state index in [0.29, 0.717) is 5.92 Å². The standard InChI is InChI=1S/C25H27N2/c1-17(2)20-13-14-23-24(16-20)26(5)25(22-15-18(3)11-12-19(22)4)27(23)21-9-7-6-8-10-21/h6-17H,1-5H3/q+1. The fraction of sp³-hybridized carbons (Fsp3) is 0.240. The number of rotatable bonds is 3. The van der Waals surface area contributed by atoms with Crippen molar-refractivity contribution in [1.82, 2.24) is 4.57 Å². The zero-order valence-corrected chi connectivity index (χ0v) is 16.8. The van der Waals surface area contributed by atoms with Crippen LogP contribution in [-0.2, 0) is 7.05 Å². The third-order valence-electron chi connectivity index (χ3n) is 5.45. The predicted molar refractivity (Wildman–Crippen MR) is 113 cm³/mol. The molecule has 2 heteroatoms. The van der Waals surface area contributed by atoms with Crippen molar-refractivity contribution in [3.63, 3.8) is 0 Å². The van der Waals surface area contributed by atoms with Crippen LogP contribution in [0.2, 0.25) is 0 Å². The lowest BCUT2D eigenvalue weighted by molar-refractivity contribution is -0.633. The Morgan fingerprint density at radius 1 is 0.852 bits per heavy atom. The Kier molecular flexibility index (Phi) is 4.35. The molecule has 0 aliphatic carbocycles. The van der Waals surface area contributed by atoms with Gasteiger partial charge in [0.25, 0.3) is 5.82 Å². The smallest absolute Gasteiger partial charge is 0.225 e. The molecule has 0 aliphatic heterocycles. The summed E-state index contributed by atoms with van der Waals surface area (Å²) in [5.74, 6) is 1.73. The topological polar surface area (TPSA) is 8.81 Å². The van der Waals surface area contributed by atoms with E-state index in [1.165, 1.54) is 44.8 Å². The van der Waals surface area contributed by atoms with E-state index in [4.69, 9.17) is 0 Å². The van der Waals surface area contributed by atoms with Crippen molar-refractivity contribution in [1.29, 1.82) is 0 Å². The fourth-order valence-electron chi connectivity index (χ4n) is 3.85. The number of hydrogen-bond acceptors (Lipinski definition) is 0. The van der Waals surface area contributed by atoms with Crippen LogP contribution < -0.4 is 4.57 Å². The van der Waals surface area contributed by atoms with E-state index in [2.05, 4.69) is 111 Å². The molecular formula is C25H27N2+. The van der Waals surface area contributed by atoms with Crippen LogP contribution in [0.15, 0.2) is 66.7 Å². The monoisotopic (exact) mass is 355 g/mol. The molecular weight excluding hydrogens is 328 g/mol. The number of aromatic nitrogens is 2. The Bertz CT molecular complexity index is 1120. The van der Waals surface area contributed by atoms with Gasteiger partial charge in [-0.1, -0.05) is 55.8 Å². The number of hydrogen-bond donors (Lipinski definition) is 0. The van der Waals surface area contributed by atoms with Gasteiger partial charge >= 0.3 is 0 Å². The summed E-state index contributed by atoms with van der Waals surface area (Å²) in [6.45, 7) is 8.86. The minimum Gasteiger partial charge on any atom is -0.225 e. The van der Waals surface area contributed by atoms with Gasteiger partial charge in [-0.25, -0.2) is 4.57 Å². The highest BCUT2D eigenvalue weighted by atomic mass is 15.2. The fourth-order valence-corrected chi connectivity index (χ4v) is 3.85. The molecule has 3 aromatic carbocycles. The molecule has 0 atom stereocenters. The molecule has 0 saturated heterocycles.